The summed E-state index contributed by atoms with van der Waals surface area (Å²) in [6.45, 7) is 4.29. The van der Waals surface area contributed by atoms with E-state index in [2.05, 4.69) is 13.8 Å². The highest BCUT2D eigenvalue weighted by Crippen LogP contribution is 2.66. The molecule has 3 saturated carbocycles. The van der Waals surface area contributed by atoms with Crippen LogP contribution in [-0.2, 0) is 4.79 Å². The lowest BCUT2D eigenvalue weighted by molar-refractivity contribution is -0.129. The Kier molecular flexibility index (Phi) is 4.01. The predicted octanol–water partition coefficient (Wildman–Crippen LogP) is 3.36. The molecular weight excluding hydrogens is 319 g/mol. The van der Waals surface area contributed by atoms with Gasteiger partial charge >= 0.3 is 0 Å². The van der Waals surface area contributed by atoms with Crippen LogP contribution in [0.1, 0.15) is 52.4 Å². The van der Waals surface area contributed by atoms with Crippen molar-refractivity contribution in [2.24, 2.45) is 28.6 Å². The van der Waals surface area contributed by atoms with Crippen molar-refractivity contribution in [3.05, 3.63) is 23.3 Å². The van der Waals surface area contributed by atoms with Crippen LogP contribution >= 0.6 is 0 Å². The molecule has 0 spiro atoms. The molecular formula is C21H29FO3. The van der Waals surface area contributed by atoms with Gasteiger partial charge in [-0.15, -0.1) is 0 Å². The average Bonchev–Trinajstić information content (AvgIpc) is 2.86. The first-order valence-corrected chi connectivity index (χ1v) is 9.68. The van der Waals surface area contributed by atoms with E-state index in [-0.39, 0.29) is 29.6 Å². The molecule has 0 radical (unpaired) electrons. The Morgan fingerprint density at radius 2 is 2.08 bits per heavy atom. The van der Waals surface area contributed by atoms with Gasteiger partial charge in [-0.05, 0) is 72.3 Å². The van der Waals surface area contributed by atoms with Crippen molar-refractivity contribution in [3.8, 4) is 0 Å². The van der Waals surface area contributed by atoms with Crippen molar-refractivity contribution in [2.45, 2.75) is 64.6 Å². The molecule has 0 amide bonds. The number of halogens is 1. The third-order valence-electron chi connectivity index (χ3n) is 8.06. The second-order valence-corrected chi connectivity index (χ2v) is 9.12. The summed E-state index contributed by atoms with van der Waals surface area (Å²) in [4.78, 5) is 11.9. The lowest BCUT2D eigenvalue weighted by Crippen LogP contribution is -2.58. The minimum atomic E-state index is -1.07. The number of aliphatic hydroxyl groups excluding tert-OH is 2. The maximum atomic E-state index is 15.1. The van der Waals surface area contributed by atoms with E-state index < -0.39 is 17.7 Å². The van der Waals surface area contributed by atoms with E-state index in [1.807, 2.05) is 6.08 Å². The number of alkyl halides is 1. The standard InChI is InChI=1S/C21H29FO3/c1-20-7-5-13(24)9-16(20)17(22)10-14-15-4-3-12(6-8-23)21(15,2)11-18(25)19(14)20/h6,9,14-15,17-19,23,25H,3-5,7-8,10-11H2,1-2H3/t14-,15-,17-,18-,19+,20-,21+/m0/s1. The Labute approximate surface area is 149 Å². The summed E-state index contributed by atoms with van der Waals surface area (Å²) in [6.07, 6.45) is 6.03. The second-order valence-electron chi connectivity index (χ2n) is 9.12. The lowest BCUT2D eigenvalue weighted by Gasteiger charge is -2.59. The molecule has 0 unspecified atom stereocenters. The molecule has 4 aliphatic carbocycles. The van der Waals surface area contributed by atoms with Crippen molar-refractivity contribution in [2.75, 3.05) is 6.61 Å². The van der Waals surface area contributed by atoms with Gasteiger partial charge in [0.15, 0.2) is 5.78 Å². The van der Waals surface area contributed by atoms with E-state index in [1.54, 1.807) is 0 Å². The van der Waals surface area contributed by atoms with Crippen molar-refractivity contribution < 1.29 is 19.4 Å². The van der Waals surface area contributed by atoms with Crippen molar-refractivity contribution in [3.63, 3.8) is 0 Å². The van der Waals surface area contributed by atoms with E-state index in [9.17, 15) is 15.0 Å². The largest absolute Gasteiger partial charge is 0.393 e. The zero-order valence-electron chi connectivity index (χ0n) is 15.2. The molecule has 0 bridgehead atoms. The zero-order valence-corrected chi connectivity index (χ0v) is 15.2. The monoisotopic (exact) mass is 348 g/mol. The Balaban J connectivity index is 1.76. The molecule has 2 N–H and O–H groups in total. The number of hydrogen-bond donors (Lipinski definition) is 2. The van der Waals surface area contributed by atoms with Gasteiger partial charge in [0, 0.05) is 6.42 Å². The third-order valence-corrected chi connectivity index (χ3v) is 8.06. The summed E-state index contributed by atoms with van der Waals surface area (Å²) in [5.74, 6) is 0.555. The molecule has 0 aromatic rings. The van der Waals surface area contributed by atoms with E-state index in [4.69, 9.17) is 0 Å². The van der Waals surface area contributed by atoms with Crippen LogP contribution in [0.2, 0.25) is 0 Å². The minimum Gasteiger partial charge on any atom is -0.393 e. The first kappa shape index (κ1) is 17.4. The molecule has 0 aliphatic heterocycles. The van der Waals surface area contributed by atoms with Gasteiger partial charge in [0.05, 0.1) is 12.7 Å². The SMILES string of the molecule is C[C@]12CCC(=O)C=C1[C@@H](F)C[C@@H]1[C@@H]2[C@@H](O)C[C@]2(C)C(=CCO)CC[C@@H]12. The number of hydrogen-bond acceptors (Lipinski definition) is 3. The quantitative estimate of drug-likeness (QED) is 0.715. The number of rotatable bonds is 1. The average molecular weight is 348 g/mol. The first-order chi connectivity index (χ1) is 11.8. The fraction of sp³-hybridized carbons (Fsp3) is 0.762. The Morgan fingerprint density at radius 1 is 1.32 bits per heavy atom. The van der Waals surface area contributed by atoms with Crippen LogP contribution in [0.25, 0.3) is 0 Å². The summed E-state index contributed by atoms with van der Waals surface area (Å²) in [7, 11) is 0. The summed E-state index contributed by atoms with van der Waals surface area (Å²) >= 11 is 0. The zero-order chi connectivity index (χ0) is 18.0. The third kappa shape index (κ3) is 2.33. The van der Waals surface area contributed by atoms with E-state index in [0.717, 1.165) is 12.8 Å². The van der Waals surface area contributed by atoms with Gasteiger partial charge in [0.25, 0.3) is 0 Å². The molecule has 3 nitrogen and oxygen atoms in total. The van der Waals surface area contributed by atoms with Gasteiger partial charge in [-0.25, -0.2) is 4.39 Å². The Hall–Kier alpha value is -1.00. The molecule has 3 fully saturated rings. The molecule has 4 aliphatic rings. The molecule has 138 valence electrons. The van der Waals surface area contributed by atoms with Crippen molar-refractivity contribution in [1.82, 2.24) is 0 Å². The van der Waals surface area contributed by atoms with Crippen molar-refractivity contribution in [1.29, 1.82) is 0 Å². The maximum Gasteiger partial charge on any atom is 0.155 e. The van der Waals surface area contributed by atoms with Gasteiger partial charge in [-0.3, -0.25) is 4.79 Å². The van der Waals surface area contributed by atoms with Crippen LogP contribution in [0, 0.1) is 28.6 Å². The number of aliphatic hydroxyl groups is 2. The van der Waals surface area contributed by atoms with Crippen LogP contribution in [0.15, 0.2) is 23.3 Å². The predicted molar refractivity (Wildman–Crippen MR) is 93.5 cm³/mol. The minimum absolute atomic E-state index is 0.0257. The number of allylic oxidation sites excluding steroid dienone is 2. The van der Waals surface area contributed by atoms with E-state index >= 15 is 4.39 Å². The molecule has 25 heavy (non-hydrogen) atoms. The summed E-state index contributed by atoms with van der Waals surface area (Å²) in [5.41, 5.74) is 1.33. The smallest absolute Gasteiger partial charge is 0.155 e. The van der Waals surface area contributed by atoms with Crippen LogP contribution in [0.5, 0.6) is 0 Å². The van der Waals surface area contributed by atoms with Crippen LogP contribution in [0.4, 0.5) is 4.39 Å². The molecule has 0 aromatic heterocycles. The highest BCUT2D eigenvalue weighted by atomic mass is 19.1. The Bertz CT molecular complexity index is 654. The van der Waals surface area contributed by atoms with E-state index in [0.29, 0.717) is 37.2 Å². The van der Waals surface area contributed by atoms with E-state index in [1.165, 1.54) is 11.6 Å². The highest BCUT2D eigenvalue weighted by Gasteiger charge is 2.62. The summed E-state index contributed by atoms with van der Waals surface area (Å²) < 4.78 is 15.1. The molecule has 0 aromatic carbocycles. The fourth-order valence-corrected chi connectivity index (χ4v) is 6.98. The van der Waals surface area contributed by atoms with Gasteiger partial charge in [0.1, 0.15) is 6.17 Å². The van der Waals surface area contributed by atoms with Gasteiger partial charge in [0.2, 0.25) is 0 Å². The molecule has 7 atom stereocenters. The first-order valence-electron chi connectivity index (χ1n) is 9.68. The fourth-order valence-electron chi connectivity index (χ4n) is 6.98. The van der Waals surface area contributed by atoms with Crippen LogP contribution in [-0.4, -0.2) is 34.9 Å². The summed E-state index contributed by atoms with van der Waals surface area (Å²) in [6, 6.07) is 0. The highest BCUT2D eigenvalue weighted by molar-refractivity contribution is 5.91. The van der Waals surface area contributed by atoms with Crippen molar-refractivity contribution >= 4 is 5.78 Å². The van der Waals surface area contributed by atoms with Gasteiger partial charge in [-0.2, -0.15) is 0 Å². The molecule has 0 saturated heterocycles. The topological polar surface area (TPSA) is 57.5 Å². The van der Waals surface area contributed by atoms with Gasteiger partial charge < -0.3 is 10.2 Å². The number of ketones is 1. The lowest BCUT2D eigenvalue weighted by atomic mass is 9.46. The normalized spacial score (nSPS) is 50.9. The summed E-state index contributed by atoms with van der Waals surface area (Å²) in [5, 5.41) is 20.5. The number of carbonyl (C=O) groups excluding carboxylic acids is 1. The number of carbonyl (C=O) groups is 1. The maximum absolute atomic E-state index is 15.1. The number of fused-ring (bicyclic) bond motifs is 5. The van der Waals surface area contributed by atoms with Gasteiger partial charge in [-0.1, -0.05) is 25.5 Å². The Morgan fingerprint density at radius 3 is 2.80 bits per heavy atom. The van der Waals surface area contributed by atoms with Crippen LogP contribution < -0.4 is 0 Å². The van der Waals surface area contributed by atoms with Crippen LogP contribution in [0.3, 0.4) is 0 Å². The molecule has 4 rings (SSSR count). The molecule has 0 heterocycles. The molecule has 4 heteroatoms. The second kappa shape index (κ2) is 5.75.